The molecule has 248 valence electrons. The first-order valence-electron chi connectivity index (χ1n) is 14.4. The summed E-state index contributed by atoms with van der Waals surface area (Å²) < 4.78 is 146. The van der Waals surface area contributed by atoms with Crippen LogP contribution in [0.15, 0.2) is 67.0 Å². The molecule has 0 saturated carbocycles. The second-order valence-corrected chi connectivity index (χ2v) is 10.7. The van der Waals surface area contributed by atoms with E-state index in [-0.39, 0.29) is 17.5 Å². The lowest BCUT2D eigenvalue weighted by molar-refractivity contribution is -0.189. The molecule has 0 aliphatic heterocycles. The van der Waals surface area contributed by atoms with Gasteiger partial charge in [0.25, 0.3) is 0 Å². The molecule has 0 unspecified atom stereocenters. The number of fused-ring (bicyclic) bond motifs is 1. The molecule has 3 nitrogen and oxygen atoms in total. The Kier molecular flexibility index (Phi) is 9.66. The molecule has 0 aliphatic carbocycles. The number of aryl methyl sites for hydroxylation is 1. The Balaban J connectivity index is 1.38. The van der Waals surface area contributed by atoms with E-state index in [0.29, 0.717) is 35.7 Å². The van der Waals surface area contributed by atoms with E-state index in [1.54, 1.807) is 0 Å². The van der Waals surface area contributed by atoms with Crippen LogP contribution in [-0.2, 0) is 12.5 Å². The average Bonchev–Trinajstić information content (AvgIpc) is 3.00. The second-order valence-electron chi connectivity index (χ2n) is 10.7. The molecule has 0 radical (unpaired) electrons. The summed E-state index contributed by atoms with van der Waals surface area (Å²) in [5, 5.41) is -1.82. The summed E-state index contributed by atoms with van der Waals surface area (Å²) >= 11 is 0. The molecule has 0 aliphatic rings. The van der Waals surface area contributed by atoms with Crippen molar-refractivity contribution in [2.75, 3.05) is 0 Å². The molecule has 0 amide bonds. The van der Waals surface area contributed by atoms with E-state index in [0.717, 1.165) is 36.8 Å². The van der Waals surface area contributed by atoms with E-state index in [1.807, 2.05) is 24.3 Å². The summed E-state index contributed by atoms with van der Waals surface area (Å²) in [7, 11) is 0. The van der Waals surface area contributed by atoms with E-state index >= 15 is 17.6 Å². The van der Waals surface area contributed by atoms with Crippen LogP contribution < -0.4 is 4.74 Å². The highest BCUT2D eigenvalue weighted by atomic mass is 19.4. The van der Waals surface area contributed by atoms with Crippen molar-refractivity contribution in [3.63, 3.8) is 0 Å². The minimum Gasteiger partial charge on any atom is -0.429 e. The smallest absolute Gasteiger partial charge is 0.429 e. The lowest BCUT2D eigenvalue weighted by atomic mass is 10.0. The minimum atomic E-state index is -5.11. The molecule has 1 heterocycles. The minimum absolute atomic E-state index is 0.177. The van der Waals surface area contributed by atoms with E-state index in [2.05, 4.69) is 21.6 Å². The highest BCUT2D eigenvalue weighted by Gasteiger charge is 2.41. The third-order valence-corrected chi connectivity index (χ3v) is 7.23. The molecule has 0 spiro atoms. The van der Waals surface area contributed by atoms with Crippen molar-refractivity contribution < 1.29 is 48.6 Å². The Bertz CT molecular complexity index is 2010. The zero-order valence-electron chi connectivity index (χ0n) is 24.8. The van der Waals surface area contributed by atoms with Gasteiger partial charge >= 0.3 is 12.3 Å². The number of hydrogen-bond donors (Lipinski definition) is 0. The van der Waals surface area contributed by atoms with Crippen LogP contribution in [0.4, 0.5) is 43.9 Å². The molecule has 5 rings (SSSR count). The largest absolute Gasteiger partial charge is 0.458 e. The maximum atomic E-state index is 15.1. The van der Waals surface area contributed by atoms with Gasteiger partial charge < -0.3 is 4.74 Å². The van der Waals surface area contributed by atoms with Gasteiger partial charge in [0.1, 0.15) is 34.6 Å². The number of ether oxygens (including phenoxy) is 1. The van der Waals surface area contributed by atoms with Gasteiger partial charge in [-0.15, -0.1) is 0 Å². The van der Waals surface area contributed by atoms with Gasteiger partial charge in [-0.2, -0.15) is 22.0 Å². The third-order valence-electron chi connectivity index (χ3n) is 7.23. The van der Waals surface area contributed by atoms with Crippen molar-refractivity contribution in [3.8, 4) is 40.1 Å². The van der Waals surface area contributed by atoms with Crippen LogP contribution in [0.2, 0.25) is 0 Å². The first-order valence-corrected chi connectivity index (χ1v) is 14.4. The fourth-order valence-corrected chi connectivity index (χ4v) is 4.94. The zero-order valence-corrected chi connectivity index (χ0v) is 24.8. The molecule has 4 aromatic carbocycles. The van der Waals surface area contributed by atoms with Crippen LogP contribution in [0.5, 0.6) is 5.75 Å². The molecule has 0 atom stereocenters. The molecule has 13 heteroatoms. The third kappa shape index (κ3) is 7.54. The van der Waals surface area contributed by atoms with Gasteiger partial charge in [-0.3, -0.25) is 0 Å². The number of aromatic nitrogens is 2. The van der Waals surface area contributed by atoms with Gasteiger partial charge in [-0.25, -0.2) is 31.9 Å². The number of halogens is 10. The zero-order chi connectivity index (χ0) is 34.8. The summed E-state index contributed by atoms with van der Waals surface area (Å²) in [5.74, 6) is -8.07. The second kappa shape index (κ2) is 13.5. The Morgan fingerprint density at radius 3 is 1.96 bits per heavy atom. The Labute approximate surface area is 267 Å². The molecule has 0 saturated heterocycles. The molecular weight excluding hydrogens is 654 g/mol. The first-order chi connectivity index (χ1) is 22.7. The fourth-order valence-electron chi connectivity index (χ4n) is 4.94. The first kappa shape index (κ1) is 34.2. The summed E-state index contributed by atoms with van der Waals surface area (Å²) in [4.78, 5) is 8.21. The van der Waals surface area contributed by atoms with E-state index in [9.17, 15) is 26.3 Å². The summed E-state index contributed by atoms with van der Waals surface area (Å²) in [6, 6.07) is 9.86. The van der Waals surface area contributed by atoms with Gasteiger partial charge in [-0.05, 0) is 53.6 Å². The maximum Gasteiger partial charge on any atom is 0.458 e. The predicted octanol–water partition coefficient (Wildman–Crippen LogP) is 10.4. The Morgan fingerprint density at radius 2 is 1.35 bits per heavy atom. The van der Waals surface area contributed by atoms with E-state index < -0.39 is 69.0 Å². The van der Waals surface area contributed by atoms with Gasteiger partial charge in [0.05, 0.1) is 10.9 Å². The molecule has 1 aromatic heterocycles. The van der Waals surface area contributed by atoms with Gasteiger partial charge in [0, 0.05) is 35.5 Å². The van der Waals surface area contributed by atoms with Crippen molar-refractivity contribution in [2.45, 2.75) is 44.9 Å². The lowest BCUT2D eigenvalue weighted by Gasteiger charge is -2.20. The van der Waals surface area contributed by atoms with Gasteiger partial charge in [-0.1, -0.05) is 50.0 Å². The lowest BCUT2D eigenvalue weighted by Crippen LogP contribution is -2.25. The summed E-state index contributed by atoms with van der Waals surface area (Å²) in [6.07, 6.45) is -2.85. The number of rotatable bonds is 9. The number of nitrogens with zero attached hydrogens (tertiary/aromatic N) is 2. The average molecular weight is 677 g/mol. The highest BCUT2D eigenvalue weighted by molar-refractivity contribution is 5.87. The van der Waals surface area contributed by atoms with Crippen LogP contribution in [0.1, 0.15) is 42.9 Å². The maximum absolute atomic E-state index is 15.1. The molecule has 48 heavy (non-hydrogen) atoms. The molecule has 0 fully saturated rings. The number of alkyl halides is 5. The monoisotopic (exact) mass is 676 g/mol. The number of benzene rings is 4. The van der Waals surface area contributed by atoms with E-state index in [1.165, 1.54) is 18.3 Å². The van der Waals surface area contributed by atoms with Crippen LogP contribution in [0, 0.1) is 40.9 Å². The van der Waals surface area contributed by atoms with Crippen molar-refractivity contribution >= 4 is 10.8 Å². The van der Waals surface area contributed by atoms with E-state index in [4.69, 9.17) is 0 Å². The summed E-state index contributed by atoms with van der Waals surface area (Å²) in [6.45, 7) is 2.12. The Hall–Kier alpha value is -5.12. The van der Waals surface area contributed by atoms with Crippen molar-refractivity contribution in [2.24, 2.45) is 0 Å². The molecule has 0 bridgehead atoms. The topological polar surface area (TPSA) is 35.0 Å². The number of unbranched alkanes of at least 4 members (excludes halogenated alkanes) is 2. The molecule has 5 aromatic rings. The Morgan fingerprint density at radius 1 is 0.708 bits per heavy atom. The van der Waals surface area contributed by atoms with Crippen LogP contribution in [0.25, 0.3) is 33.3 Å². The normalized spacial score (nSPS) is 11.8. The SMILES string of the molecule is CCCCCc1ccc(-c2cnc(-c3cc(F)c(C(F)(F)Oc4cc(F)c5c(F)c(C#CC(F)(F)F)c(F)cc5c4)c(F)c3)nc2)cc1. The summed E-state index contributed by atoms with van der Waals surface area (Å²) in [5.41, 5.74) is -1.00. The van der Waals surface area contributed by atoms with Crippen molar-refractivity contribution in [1.82, 2.24) is 9.97 Å². The fraction of sp³-hybridized carbons (Fsp3) is 0.200. The predicted molar refractivity (Wildman–Crippen MR) is 157 cm³/mol. The quantitative estimate of drug-likeness (QED) is 0.0886. The van der Waals surface area contributed by atoms with Gasteiger partial charge in [0.15, 0.2) is 11.6 Å². The van der Waals surface area contributed by atoms with Gasteiger partial charge in [0.2, 0.25) is 0 Å². The highest BCUT2D eigenvalue weighted by Crippen LogP contribution is 2.39. The van der Waals surface area contributed by atoms with Crippen LogP contribution in [-0.4, -0.2) is 16.1 Å². The van der Waals surface area contributed by atoms with Crippen molar-refractivity contribution in [1.29, 1.82) is 0 Å². The molecule has 0 N–H and O–H groups in total. The standard InChI is InChI=1S/C35H22F10N2O/c1-2-3-4-5-19-6-8-20(9-7-19)23-17-46-33(47-18-23)22-14-28(38)31(29(39)15-22)35(44,45)48-24-12-21-13-26(36)25(10-11-34(41,42)43)32(40)30(21)27(37)16-24/h6-9,12-18H,2-5H2,1H3. The van der Waals surface area contributed by atoms with Crippen molar-refractivity contribution in [3.05, 3.63) is 113 Å². The van der Waals surface area contributed by atoms with Crippen LogP contribution >= 0.6 is 0 Å². The number of hydrogen-bond acceptors (Lipinski definition) is 3. The van der Waals surface area contributed by atoms with Crippen LogP contribution in [0.3, 0.4) is 0 Å². The molecular formula is C35H22F10N2O.